The van der Waals surface area contributed by atoms with Crippen molar-refractivity contribution in [2.45, 2.75) is 38.8 Å². The number of ether oxygens (including phenoxy) is 3. The van der Waals surface area contributed by atoms with E-state index in [1.54, 1.807) is 28.8 Å². The molecule has 0 radical (unpaired) electrons. The van der Waals surface area contributed by atoms with Gasteiger partial charge in [-0.25, -0.2) is 4.68 Å². The Morgan fingerprint density at radius 1 is 1.05 bits per heavy atom. The number of carbonyl (C=O) groups is 1. The molecule has 202 valence electrons. The van der Waals surface area contributed by atoms with Crippen LogP contribution in [0.1, 0.15) is 41.4 Å². The van der Waals surface area contributed by atoms with E-state index < -0.39 is 0 Å². The summed E-state index contributed by atoms with van der Waals surface area (Å²) in [5, 5.41) is 5.36. The van der Waals surface area contributed by atoms with Gasteiger partial charge in [0.15, 0.2) is 11.5 Å². The number of carbonyl (C=O) groups excluding carboxylic acids is 1. The Balaban J connectivity index is 1.60. The maximum absolute atomic E-state index is 13.9. The highest BCUT2D eigenvalue weighted by atomic mass is 35.5. The van der Waals surface area contributed by atoms with Crippen LogP contribution in [-0.2, 0) is 17.7 Å². The van der Waals surface area contributed by atoms with Gasteiger partial charge in [0, 0.05) is 13.2 Å². The van der Waals surface area contributed by atoms with Gasteiger partial charge >= 0.3 is 0 Å². The lowest BCUT2D eigenvalue weighted by Crippen LogP contribution is -2.37. The van der Waals surface area contributed by atoms with E-state index in [2.05, 4.69) is 0 Å². The zero-order valence-corrected chi connectivity index (χ0v) is 22.9. The molecule has 0 bridgehead atoms. The minimum atomic E-state index is -0.158. The lowest BCUT2D eigenvalue weighted by molar-refractivity contribution is 0.0505. The van der Waals surface area contributed by atoms with Crippen molar-refractivity contribution in [2.24, 2.45) is 0 Å². The van der Waals surface area contributed by atoms with E-state index in [-0.39, 0.29) is 18.6 Å². The Hall–Kier alpha value is -3.81. The molecule has 1 aliphatic heterocycles. The number of aromatic nitrogens is 2. The maximum atomic E-state index is 13.9. The summed E-state index contributed by atoms with van der Waals surface area (Å²) in [6, 6.07) is 24.5. The summed E-state index contributed by atoms with van der Waals surface area (Å²) < 4.78 is 19.9. The second kappa shape index (κ2) is 12.4. The van der Waals surface area contributed by atoms with Crippen molar-refractivity contribution in [1.29, 1.82) is 0 Å². The second-order valence-corrected chi connectivity index (χ2v) is 9.79. The van der Waals surface area contributed by atoms with E-state index in [0.29, 0.717) is 47.5 Å². The first kappa shape index (κ1) is 26.8. The van der Waals surface area contributed by atoms with Crippen LogP contribution in [-0.4, -0.2) is 47.0 Å². The van der Waals surface area contributed by atoms with Crippen LogP contribution in [0, 0.1) is 0 Å². The summed E-state index contributed by atoms with van der Waals surface area (Å²) in [6.45, 7) is 3.48. The molecule has 5 rings (SSSR count). The number of rotatable bonds is 10. The quantitative estimate of drug-likeness (QED) is 0.221. The Kier molecular flexibility index (Phi) is 8.49. The topological polar surface area (TPSA) is 65.8 Å². The smallest absolute Gasteiger partial charge is 0.255 e. The lowest BCUT2D eigenvalue weighted by Gasteiger charge is -2.26. The molecule has 7 nitrogen and oxygen atoms in total. The molecule has 1 atom stereocenters. The van der Waals surface area contributed by atoms with Crippen molar-refractivity contribution in [1.82, 2.24) is 14.7 Å². The van der Waals surface area contributed by atoms with Crippen LogP contribution in [0.25, 0.3) is 5.69 Å². The van der Waals surface area contributed by atoms with Gasteiger partial charge in [0.1, 0.15) is 0 Å². The summed E-state index contributed by atoms with van der Waals surface area (Å²) in [7, 11) is 1.61. The van der Waals surface area contributed by atoms with Gasteiger partial charge in [0.25, 0.3) is 5.91 Å². The van der Waals surface area contributed by atoms with Gasteiger partial charge < -0.3 is 19.1 Å². The third-order valence-electron chi connectivity index (χ3n) is 6.82. The highest BCUT2D eigenvalue weighted by Gasteiger charge is 2.29. The second-order valence-electron chi connectivity index (χ2n) is 9.38. The van der Waals surface area contributed by atoms with Crippen LogP contribution in [0.4, 0.5) is 0 Å². The Labute approximate surface area is 233 Å². The summed E-state index contributed by atoms with van der Waals surface area (Å²) >= 11 is 6.46. The lowest BCUT2D eigenvalue weighted by atomic mass is 10.1. The molecule has 1 unspecified atom stereocenters. The molecule has 0 N–H and O–H groups in total. The molecule has 1 aromatic heterocycles. The molecule has 1 saturated heterocycles. The minimum absolute atomic E-state index is 0.0377. The number of hydrogen-bond acceptors (Lipinski definition) is 5. The molecule has 0 spiro atoms. The fourth-order valence-corrected chi connectivity index (χ4v) is 5.04. The summed E-state index contributed by atoms with van der Waals surface area (Å²) in [5.74, 6) is 1.54. The number of para-hydroxylation sites is 3. The summed E-state index contributed by atoms with van der Waals surface area (Å²) in [4.78, 5) is 15.7. The molecule has 2 heterocycles. The van der Waals surface area contributed by atoms with E-state index >= 15 is 0 Å². The van der Waals surface area contributed by atoms with Gasteiger partial charge in [0.2, 0.25) is 5.88 Å². The maximum Gasteiger partial charge on any atom is 0.255 e. The van der Waals surface area contributed by atoms with Crippen LogP contribution in [0.15, 0.2) is 78.9 Å². The number of nitrogens with zero attached hydrogens (tertiary/aromatic N) is 3. The molecule has 1 amide bonds. The van der Waals surface area contributed by atoms with Crippen LogP contribution in [0.3, 0.4) is 0 Å². The van der Waals surface area contributed by atoms with Gasteiger partial charge in [-0.05, 0) is 55.7 Å². The number of aryl methyl sites for hydroxylation is 1. The van der Waals surface area contributed by atoms with E-state index in [0.717, 1.165) is 29.8 Å². The minimum Gasteiger partial charge on any atom is -0.493 e. The van der Waals surface area contributed by atoms with E-state index in [1.807, 2.05) is 73.7 Å². The van der Waals surface area contributed by atoms with Crippen molar-refractivity contribution < 1.29 is 19.0 Å². The zero-order valence-electron chi connectivity index (χ0n) is 22.2. The largest absolute Gasteiger partial charge is 0.493 e. The van der Waals surface area contributed by atoms with Crippen LogP contribution in [0.5, 0.6) is 17.4 Å². The van der Waals surface area contributed by atoms with Crippen molar-refractivity contribution in [2.75, 3.05) is 20.3 Å². The molecule has 0 aliphatic carbocycles. The number of benzene rings is 3. The summed E-state index contributed by atoms with van der Waals surface area (Å²) in [5.41, 5.74) is 2.98. The van der Waals surface area contributed by atoms with Crippen molar-refractivity contribution in [3.05, 3.63) is 101 Å². The number of hydrogen-bond donors (Lipinski definition) is 0. The monoisotopic (exact) mass is 545 g/mol. The molecule has 1 fully saturated rings. The van der Waals surface area contributed by atoms with Crippen molar-refractivity contribution in [3.63, 3.8) is 0 Å². The first-order chi connectivity index (χ1) is 19.1. The third-order valence-corrected chi connectivity index (χ3v) is 7.15. The van der Waals surface area contributed by atoms with Gasteiger partial charge in [0.05, 0.1) is 47.3 Å². The van der Waals surface area contributed by atoms with Gasteiger partial charge in [-0.3, -0.25) is 4.79 Å². The first-order valence-electron chi connectivity index (χ1n) is 13.2. The van der Waals surface area contributed by atoms with E-state index in [4.69, 9.17) is 30.9 Å². The Bertz CT molecular complexity index is 1420. The molecule has 0 saturated carbocycles. The van der Waals surface area contributed by atoms with Crippen molar-refractivity contribution >= 4 is 17.5 Å². The highest BCUT2D eigenvalue weighted by molar-refractivity contribution is 6.33. The van der Waals surface area contributed by atoms with Gasteiger partial charge in [-0.15, -0.1) is 0 Å². The number of methoxy groups -OCH3 is 1. The van der Waals surface area contributed by atoms with Crippen LogP contribution in [0.2, 0.25) is 5.02 Å². The van der Waals surface area contributed by atoms with Gasteiger partial charge in [-0.1, -0.05) is 61.0 Å². The van der Waals surface area contributed by atoms with Gasteiger partial charge in [-0.2, -0.15) is 5.10 Å². The normalized spacial score (nSPS) is 14.8. The standard InChI is InChI=1S/C31H32ClN3O4/c1-3-27-25(21-34(20-23-14-11-19-38-23)30(36)24-15-7-8-16-26(24)32)31(35(33-27)22-12-5-4-6-13-22)39-29-18-10-9-17-28(29)37-2/h4-10,12-13,15-18,23H,3,11,14,19-21H2,1-2H3. The molecule has 39 heavy (non-hydrogen) atoms. The molecular formula is C31H32ClN3O4. The predicted octanol–water partition coefficient (Wildman–Crippen LogP) is 6.71. The summed E-state index contributed by atoms with van der Waals surface area (Å²) in [6.07, 6.45) is 2.50. The van der Waals surface area contributed by atoms with Crippen LogP contribution >= 0.6 is 11.6 Å². The number of halogens is 1. The van der Waals surface area contributed by atoms with E-state index in [9.17, 15) is 4.79 Å². The number of amides is 1. The van der Waals surface area contributed by atoms with Crippen molar-refractivity contribution in [3.8, 4) is 23.1 Å². The molecule has 4 aromatic rings. The third kappa shape index (κ3) is 5.95. The molecule has 3 aromatic carbocycles. The average molecular weight is 546 g/mol. The Morgan fingerprint density at radius 3 is 2.46 bits per heavy atom. The average Bonchev–Trinajstić information content (AvgIpc) is 3.61. The molecule has 1 aliphatic rings. The Morgan fingerprint density at radius 2 is 1.77 bits per heavy atom. The molecular weight excluding hydrogens is 514 g/mol. The first-order valence-corrected chi connectivity index (χ1v) is 13.6. The molecule has 8 heteroatoms. The zero-order chi connectivity index (χ0) is 27.2. The van der Waals surface area contributed by atoms with Crippen LogP contribution < -0.4 is 9.47 Å². The fourth-order valence-electron chi connectivity index (χ4n) is 4.83. The van der Waals surface area contributed by atoms with E-state index in [1.165, 1.54) is 0 Å². The highest BCUT2D eigenvalue weighted by Crippen LogP contribution is 2.37. The predicted molar refractivity (Wildman–Crippen MR) is 151 cm³/mol. The SMILES string of the molecule is CCc1nn(-c2ccccc2)c(Oc2ccccc2OC)c1CN(CC1CCCO1)C(=O)c1ccccc1Cl. The fraction of sp³-hybridized carbons (Fsp3) is 0.290.